The Hall–Kier alpha value is -0.860. The Labute approximate surface area is 59.0 Å². The molecule has 56 valence electrons. The smallest absolute Gasteiger partial charge is 0.144 e. The first-order chi connectivity index (χ1) is 4.54. The van der Waals surface area contributed by atoms with Crippen LogP contribution in [0.4, 0.5) is 0 Å². The molecule has 10 heavy (non-hydrogen) atoms. The molecule has 0 aliphatic heterocycles. The van der Waals surface area contributed by atoms with Crippen molar-refractivity contribution in [3.8, 4) is 0 Å². The van der Waals surface area contributed by atoms with Gasteiger partial charge in [-0.25, -0.2) is 0 Å². The van der Waals surface area contributed by atoms with Gasteiger partial charge >= 0.3 is 0 Å². The molecule has 0 saturated heterocycles. The first-order valence-electron chi connectivity index (χ1n) is 3.28. The zero-order valence-electron chi connectivity index (χ0n) is 5.85. The first-order valence-corrected chi connectivity index (χ1v) is 3.28. The van der Waals surface area contributed by atoms with E-state index in [0.29, 0.717) is 0 Å². The van der Waals surface area contributed by atoms with Gasteiger partial charge in [0.1, 0.15) is 5.78 Å². The fourth-order valence-electron chi connectivity index (χ4n) is 0.811. The average Bonchev–Trinajstić information content (AvgIpc) is 2.47. The number of hydrogen-bond acceptors (Lipinski definition) is 3. The minimum Gasteiger partial charge on any atom is -0.550 e. The van der Waals surface area contributed by atoms with Crippen molar-refractivity contribution in [1.82, 2.24) is 0 Å². The highest BCUT2D eigenvalue weighted by Gasteiger charge is 2.43. The molecule has 0 bridgehead atoms. The summed E-state index contributed by atoms with van der Waals surface area (Å²) in [5, 5.41) is 9.95. The molecule has 0 heterocycles. The van der Waals surface area contributed by atoms with Gasteiger partial charge in [-0.15, -0.1) is 0 Å². The molecule has 0 spiro atoms. The minimum atomic E-state index is -1.27. The predicted molar refractivity (Wildman–Crippen MR) is 32.0 cm³/mol. The van der Waals surface area contributed by atoms with Gasteiger partial charge in [-0.05, 0) is 12.8 Å². The van der Waals surface area contributed by atoms with Gasteiger partial charge in [-0.3, -0.25) is 4.79 Å². The lowest BCUT2D eigenvalue weighted by Gasteiger charge is -2.06. The second-order valence-electron chi connectivity index (χ2n) is 3.03. The van der Waals surface area contributed by atoms with Crippen molar-refractivity contribution in [3.63, 3.8) is 0 Å². The number of carboxylic acid groups (broad SMARTS) is 1. The Morgan fingerprint density at radius 2 is 2.00 bits per heavy atom. The fourth-order valence-corrected chi connectivity index (χ4v) is 0.811. The number of carbonyl (C=O) groups excluding carboxylic acids is 2. The number of carbonyl (C=O) groups is 2. The summed E-state index contributed by atoms with van der Waals surface area (Å²) in [6.07, 6.45) is 1.24. The normalized spacial score (nSPS) is 20.1. The summed E-state index contributed by atoms with van der Waals surface area (Å²) in [5.41, 5.74) is -0.319. The zero-order chi connectivity index (χ0) is 7.78. The van der Waals surface area contributed by atoms with E-state index in [1.54, 1.807) is 6.92 Å². The largest absolute Gasteiger partial charge is 0.550 e. The van der Waals surface area contributed by atoms with Crippen LogP contribution in [-0.4, -0.2) is 11.8 Å². The molecule has 0 unspecified atom stereocenters. The summed E-state index contributed by atoms with van der Waals surface area (Å²) in [7, 11) is 0. The van der Waals surface area contributed by atoms with Gasteiger partial charge in [-0.2, -0.15) is 0 Å². The van der Waals surface area contributed by atoms with Crippen LogP contribution in [0.15, 0.2) is 0 Å². The lowest BCUT2D eigenvalue weighted by Crippen LogP contribution is -2.28. The Balaban J connectivity index is 2.43. The van der Waals surface area contributed by atoms with Crippen LogP contribution in [0.2, 0.25) is 0 Å². The Kier molecular flexibility index (Phi) is 1.50. The molecule has 1 rings (SSSR count). The highest BCUT2D eigenvalue weighted by molar-refractivity contribution is 5.98. The Morgan fingerprint density at radius 1 is 1.50 bits per heavy atom. The van der Waals surface area contributed by atoms with E-state index >= 15 is 0 Å². The van der Waals surface area contributed by atoms with Crippen molar-refractivity contribution in [2.45, 2.75) is 26.2 Å². The maximum atomic E-state index is 10.9. The second-order valence-corrected chi connectivity index (χ2v) is 3.03. The van der Waals surface area contributed by atoms with E-state index in [1.807, 2.05) is 0 Å². The zero-order valence-corrected chi connectivity index (χ0v) is 5.85. The molecule has 0 aromatic rings. The number of rotatable bonds is 3. The quantitative estimate of drug-likeness (QED) is 0.497. The molecule has 0 N–H and O–H groups in total. The molecule has 0 aromatic carbocycles. The van der Waals surface area contributed by atoms with Crippen molar-refractivity contribution < 1.29 is 14.7 Å². The second kappa shape index (κ2) is 2.08. The van der Waals surface area contributed by atoms with Gasteiger partial charge in [0.25, 0.3) is 0 Å². The van der Waals surface area contributed by atoms with E-state index in [-0.39, 0.29) is 11.2 Å². The number of carboxylic acids is 1. The van der Waals surface area contributed by atoms with Crippen molar-refractivity contribution >= 4 is 11.8 Å². The summed E-state index contributed by atoms with van der Waals surface area (Å²) in [6, 6.07) is 0. The van der Waals surface area contributed by atoms with E-state index in [2.05, 4.69) is 0 Å². The van der Waals surface area contributed by atoms with Crippen molar-refractivity contribution in [1.29, 1.82) is 0 Å². The lowest BCUT2D eigenvalue weighted by molar-refractivity contribution is -0.304. The van der Waals surface area contributed by atoms with Gasteiger partial charge in [0, 0.05) is 17.8 Å². The molecule has 3 heteroatoms. The van der Waals surface area contributed by atoms with Crippen LogP contribution in [-0.2, 0) is 9.59 Å². The number of Topliss-reactive ketones (excluding diaryl/α,β-unsaturated/α-hetero) is 1. The molecule has 0 aromatic heterocycles. The van der Waals surface area contributed by atoms with E-state index in [0.717, 1.165) is 12.8 Å². The van der Waals surface area contributed by atoms with Gasteiger partial charge in [0.05, 0.1) is 0 Å². The molecular weight excluding hydrogens is 132 g/mol. The summed E-state index contributed by atoms with van der Waals surface area (Å²) in [6.45, 7) is 1.79. The number of hydrogen-bond donors (Lipinski definition) is 0. The molecule has 1 fully saturated rings. The molecule has 0 atom stereocenters. The monoisotopic (exact) mass is 141 g/mol. The van der Waals surface area contributed by atoms with E-state index in [9.17, 15) is 14.7 Å². The summed E-state index contributed by atoms with van der Waals surface area (Å²) in [4.78, 5) is 20.9. The molecule has 1 aliphatic carbocycles. The van der Waals surface area contributed by atoms with Crippen LogP contribution in [0.5, 0.6) is 0 Å². The highest BCUT2D eigenvalue weighted by atomic mass is 16.4. The van der Waals surface area contributed by atoms with Crippen LogP contribution in [0.25, 0.3) is 0 Å². The predicted octanol–water partition coefficient (Wildman–Crippen LogP) is -0.504. The van der Waals surface area contributed by atoms with E-state index < -0.39 is 12.4 Å². The van der Waals surface area contributed by atoms with Crippen LogP contribution in [0.1, 0.15) is 26.2 Å². The lowest BCUT2D eigenvalue weighted by atomic mass is 10.0. The molecule has 0 amide bonds. The standard InChI is InChI=1S/C7H10O3/c1-7(2-3-7)5(8)4-6(9)10/h2-4H2,1H3,(H,9,10)/p-1. The topological polar surface area (TPSA) is 57.2 Å². The number of aliphatic carboxylic acids is 1. The first kappa shape index (κ1) is 7.25. The van der Waals surface area contributed by atoms with E-state index in [1.165, 1.54) is 0 Å². The van der Waals surface area contributed by atoms with Crippen molar-refractivity contribution in [3.05, 3.63) is 0 Å². The summed E-state index contributed by atoms with van der Waals surface area (Å²) in [5.74, 6) is -1.45. The Morgan fingerprint density at radius 3 is 2.30 bits per heavy atom. The average molecular weight is 141 g/mol. The maximum absolute atomic E-state index is 10.9. The third-order valence-corrected chi connectivity index (χ3v) is 1.98. The third-order valence-electron chi connectivity index (χ3n) is 1.98. The third kappa shape index (κ3) is 1.35. The number of ketones is 1. The van der Waals surface area contributed by atoms with Crippen molar-refractivity contribution in [2.75, 3.05) is 0 Å². The minimum absolute atomic E-state index is 0.187. The van der Waals surface area contributed by atoms with Gasteiger partial charge in [0.15, 0.2) is 0 Å². The molecule has 0 radical (unpaired) electrons. The highest BCUT2D eigenvalue weighted by Crippen LogP contribution is 2.46. The van der Waals surface area contributed by atoms with Crippen LogP contribution >= 0.6 is 0 Å². The molecular formula is C7H9O3-. The fraction of sp³-hybridized carbons (Fsp3) is 0.714. The van der Waals surface area contributed by atoms with Gasteiger partial charge in [0.2, 0.25) is 0 Å². The van der Waals surface area contributed by atoms with Crippen LogP contribution < -0.4 is 5.11 Å². The van der Waals surface area contributed by atoms with Gasteiger partial charge < -0.3 is 9.90 Å². The maximum Gasteiger partial charge on any atom is 0.144 e. The van der Waals surface area contributed by atoms with Crippen LogP contribution in [0.3, 0.4) is 0 Å². The van der Waals surface area contributed by atoms with Crippen LogP contribution in [0, 0.1) is 5.41 Å². The van der Waals surface area contributed by atoms with Crippen molar-refractivity contribution in [2.24, 2.45) is 5.41 Å². The summed E-state index contributed by atoms with van der Waals surface area (Å²) >= 11 is 0. The summed E-state index contributed by atoms with van der Waals surface area (Å²) < 4.78 is 0. The molecule has 3 nitrogen and oxygen atoms in total. The molecule has 1 aliphatic rings. The molecule has 1 saturated carbocycles. The Bertz CT molecular complexity index is 179. The van der Waals surface area contributed by atoms with Gasteiger partial charge in [-0.1, -0.05) is 6.92 Å². The van der Waals surface area contributed by atoms with E-state index in [4.69, 9.17) is 0 Å². The SMILES string of the molecule is CC1(C(=O)CC(=O)[O-])CC1.